The molecular weight excluding hydrogens is 336 g/mol. The molecule has 4 heteroatoms. The quantitative estimate of drug-likeness (QED) is 0.877. The summed E-state index contributed by atoms with van der Waals surface area (Å²) < 4.78 is 1.17. The highest BCUT2D eigenvalue weighted by atomic mass is 79.9. The number of likely N-dealkylation sites (tertiary alicyclic amines) is 1. The fraction of sp³-hybridized carbons (Fsp3) is 0.625. The number of hydrogen-bond acceptors (Lipinski definition) is 2. The number of rotatable bonds is 3. The highest BCUT2D eigenvalue weighted by Gasteiger charge is 2.42. The summed E-state index contributed by atoms with van der Waals surface area (Å²) in [5.41, 5.74) is 2.04. The molecule has 2 atom stereocenters. The van der Waals surface area contributed by atoms with Crippen LogP contribution in [0.2, 0.25) is 0 Å². The number of nitrogens with one attached hydrogen (secondary N) is 1. The summed E-state index contributed by atoms with van der Waals surface area (Å²) in [6.07, 6.45) is 3.93. The molecule has 1 N–H and O–H groups in total. The Morgan fingerprint density at radius 3 is 2.65 bits per heavy atom. The SMILES string of the molecule is CCC(c1ccc(Br)cc1)N1CCC2(CCNC2)C1.Cl. The molecule has 0 aromatic heterocycles. The Hall–Kier alpha value is -0.0900. The van der Waals surface area contributed by atoms with Gasteiger partial charge in [-0.3, -0.25) is 4.90 Å². The zero-order chi connectivity index (χ0) is 13.3. The minimum atomic E-state index is 0. The van der Waals surface area contributed by atoms with E-state index in [0.717, 1.165) is 0 Å². The molecule has 2 heterocycles. The van der Waals surface area contributed by atoms with E-state index in [-0.39, 0.29) is 12.4 Å². The zero-order valence-electron chi connectivity index (χ0n) is 12.1. The van der Waals surface area contributed by atoms with Crippen LogP contribution in [0.1, 0.15) is 37.8 Å². The van der Waals surface area contributed by atoms with Gasteiger partial charge in [0.15, 0.2) is 0 Å². The summed E-state index contributed by atoms with van der Waals surface area (Å²) >= 11 is 3.53. The van der Waals surface area contributed by atoms with Crippen molar-refractivity contribution in [3.8, 4) is 0 Å². The summed E-state index contributed by atoms with van der Waals surface area (Å²) in [4.78, 5) is 2.70. The maximum absolute atomic E-state index is 3.55. The molecule has 1 aromatic rings. The predicted octanol–water partition coefficient (Wildman–Crippen LogP) is 4.01. The number of nitrogens with zero attached hydrogens (tertiary/aromatic N) is 1. The van der Waals surface area contributed by atoms with Gasteiger partial charge in [-0.2, -0.15) is 0 Å². The standard InChI is InChI=1S/C16H23BrN2.ClH/c1-2-15(13-3-5-14(17)6-4-13)19-10-8-16(12-19)7-9-18-11-16;/h3-6,15,18H,2,7-12H2,1H3;1H. The molecule has 0 bridgehead atoms. The molecule has 3 rings (SSSR count). The van der Waals surface area contributed by atoms with E-state index >= 15 is 0 Å². The molecule has 0 saturated carbocycles. The third-order valence-electron chi connectivity index (χ3n) is 4.88. The summed E-state index contributed by atoms with van der Waals surface area (Å²) in [6, 6.07) is 9.47. The number of halogens is 2. The zero-order valence-corrected chi connectivity index (χ0v) is 14.5. The second-order valence-corrected chi connectivity index (χ2v) is 7.04. The van der Waals surface area contributed by atoms with Crippen molar-refractivity contribution in [3.05, 3.63) is 34.3 Å². The predicted molar refractivity (Wildman–Crippen MR) is 90.5 cm³/mol. The van der Waals surface area contributed by atoms with Crippen LogP contribution in [-0.4, -0.2) is 31.1 Å². The highest BCUT2D eigenvalue weighted by Crippen LogP contribution is 2.40. The first-order valence-corrected chi connectivity index (χ1v) is 8.22. The first kappa shape index (κ1) is 16.3. The lowest BCUT2D eigenvalue weighted by Crippen LogP contribution is -2.31. The van der Waals surface area contributed by atoms with E-state index in [1.165, 1.54) is 55.5 Å². The monoisotopic (exact) mass is 358 g/mol. The molecule has 0 radical (unpaired) electrons. The molecule has 1 spiro atoms. The maximum Gasteiger partial charge on any atom is 0.0345 e. The van der Waals surface area contributed by atoms with Crippen molar-refractivity contribution >= 4 is 28.3 Å². The third-order valence-corrected chi connectivity index (χ3v) is 5.41. The van der Waals surface area contributed by atoms with Gasteiger partial charge in [0.05, 0.1) is 0 Å². The van der Waals surface area contributed by atoms with Crippen molar-refractivity contribution in [1.82, 2.24) is 10.2 Å². The van der Waals surface area contributed by atoms with Gasteiger partial charge in [0, 0.05) is 23.6 Å². The fourth-order valence-electron chi connectivity index (χ4n) is 3.77. The topological polar surface area (TPSA) is 15.3 Å². The Balaban J connectivity index is 0.00000147. The second-order valence-electron chi connectivity index (χ2n) is 6.12. The molecule has 1 aromatic carbocycles. The van der Waals surface area contributed by atoms with Crippen LogP contribution in [0.4, 0.5) is 0 Å². The van der Waals surface area contributed by atoms with Crippen LogP contribution in [0.15, 0.2) is 28.7 Å². The van der Waals surface area contributed by atoms with Gasteiger partial charge in [-0.05, 0) is 55.5 Å². The van der Waals surface area contributed by atoms with E-state index in [1.807, 2.05) is 0 Å². The summed E-state index contributed by atoms with van der Waals surface area (Å²) in [7, 11) is 0. The average molecular weight is 360 g/mol. The molecule has 112 valence electrons. The number of benzene rings is 1. The Kier molecular flexibility index (Phi) is 5.52. The largest absolute Gasteiger partial charge is 0.316 e. The summed E-state index contributed by atoms with van der Waals surface area (Å²) in [6.45, 7) is 7.28. The minimum Gasteiger partial charge on any atom is -0.316 e. The van der Waals surface area contributed by atoms with E-state index in [4.69, 9.17) is 0 Å². The van der Waals surface area contributed by atoms with E-state index in [1.54, 1.807) is 0 Å². The lowest BCUT2D eigenvalue weighted by atomic mass is 9.86. The Bertz CT molecular complexity index is 429. The second kappa shape index (κ2) is 6.78. The van der Waals surface area contributed by atoms with Crippen molar-refractivity contribution in [2.45, 2.75) is 32.2 Å². The summed E-state index contributed by atoms with van der Waals surface area (Å²) in [5, 5.41) is 3.55. The van der Waals surface area contributed by atoms with Crippen molar-refractivity contribution in [1.29, 1.82) is 0 Å². The summed E-state index contributed by atoms with van der Waals surface area (Å²) in [5.74, 6) is 0. The Morgan fingerprint density at radius 1 is 1.30 bits per heavy atom. The van der Waals surface area contributed by atoms with Gasteiger partial charge in [-0.1, -0.05) is 35.0 Å². The smallest absolute Gasteiger partial charge is 0.0345 e. The van der Waals surface area contributed by atoms with Crippen molar-refractivity contribution < 1.29 is 0 Å². The third kappa shape index (κ3) is 3.22. The van der Waals surface area contributed by atoms with Crippen molar-refractivity contribution in [2.75, 3.05) is 26.2 Å². The van der Waals surface area contributed by atoms with Crippen molar-refractivity contribution in [3.63, 3.8) is 0 Å². The van der Waals surface area contributed by atoms with Crippen LogP contribution in [0.25, 0.3) is 0 Å². The van der Waals surface area contributed by atoms with Crippen molar-refractivity contribution in [2.24, 2.45) is 5.41 Å². The molecule has 2 aliphatic heterocycles. The highest BCUT2D eigenvalue weighted by molar-refractivity contribution is 9.10. The maximum atomic E-state index is 3.55. The lowest BCUT2D eigenvalue weighted by molar-refractivity contribution is 0.206. The fourth-order valence-corrected chi connectivity index (χ4v) is 4.03. The van der Waals surface area contributed by atoms with Crippen LogP contribution in [0.5, 0.6) is 0 Å². The van der Waals surface area contributed by atoms with Crippen LogP contribution in [0, 0.1) is 5.41 Å². The van der Waals surface area contributed by atoms with Crippen LogP contribution in [-0.2, 0) is 0 Å². The van der Waals surface area contributed by atoms with Crippen LogP contribution in [0.3, 0.4) is 0 Å². The van der Waals surface area contributed by atoms with E-state index in [0.29, 0.717) is 11.5 Å². The van der Waals surface area contributed by atoms with Gasteiger partial charge in [-0.25, -0.2) is 0 Å². The van der Waals surface area contributed by atoms with Crippen LogP contribution < -0.4 is 5.32 Å². The van der Waals surface area contributed by atoms with E-state index < -0.39 is 0 Å². The molecule has 2 unspecified atom stereocenters. The van der Waals surface area contributed by atoms with Gasteiger partial charge in [0.25, 0.3) is 0 Å². The molecule has 0 amide bonds. The lowest BCUT2D eigenvalue weighted by Gasteiger charge is -2.29. The van der Waals surface area contributed by atoms with Gasteiger partial charge >= 0.3 is 0 Å². The van der Waals surface area contributed by atoms with Gasteiger partial charge in [0.2, 0.25) is 0 Å². The van der Waals surface area contributed by atoms with Gasteiger partial charge in [-0.15, -0.1) is 12.4 Å². The molecule has 2 aliphatic rings. The van der Waals surface area contributed by atoms with Gasteiger partial charge < -0.3 is 5.32 Å². The number of hydrogen-bond donors (Lipinski definition) is 1. The first-order valence-electron chi connectivity index (χ1n) is 7.43. The first-order chi connectivity index (χ1) is 9.22. The molecule has 2 fully saturated rings. The Labute approximate surface area is 136 Å². The molecule has 2 nitrogen and oxygen atoms in total. The Morgan fingerprint density at radius 2 is 2.05 bits per heavy atom. The van der Waals surface area contributed by atoms with E-state index in [2.05, 4.69) is 57.3 Å². The van der Waals surface area contributed by atoms with Gasteiger partial charge in [0.1, 0.15) is 0 Å². The molecule has 20 heavy (non-hydrogen) atoms. The average Bonchev–Trinajstić information content (AvgIpc) is 3.04. The van der Waals surface area contributed by atoms with E-state index in [9.17, 15) is 0 Å². The normalized spacial score (nSPS) is 27.7. The van der Waals surface area contributed by atoms with Crippen LogP contribution >= 0.6 is 28.3 Å². The minimum absolute atomic E-state index is 0. The molecule has 0 aliphatic carbocycles. The molecule has 2 saturated heterocycles. The molecular formula is C16H24BrClN2.